The zero-order valence-electron chi connectivity index (χ0n) is 17.3. The van der Waals surface area contributed by atoms with E-state index in [0.717, 1.165) is 33.5 Å². The van der Waals surface area contributed by atoms with Crippen LogP contribution in [0.4, 0.5) is 17.2 Å². The molecule has 0 aliphatic rings. The number of nitrogens with one attached hydrogen (secondary N) is 3. The van der Waals surface area contributed by atoms with Gasteiger partial charge in [0.1, 0.15) is 5.52 Å². The third-order valence-corrected chi connectivity index (χ3v) is 5.11. The number of amides is 1. The van der Waals surface area contributed by atoms with Gasteiger partial charge in [0.25, 0.3) is 5.91 Å². The number of aromatic amines is 1. The Balaban J connectivity index is 1.49. The van der Waals surface area contributed by atoms with E-state index in [4.69, 9.17) is 4.98 Å². The molecular formula is C25H20N6O. The van der Waals surface area contributed by atoms with Gasteiger partial charge in [-0.3, -0.25) is 9.78 Å². The van der Waals surface area contributed by atoms with Gasteiger partial charge in [0.2, 0.25) is 0 Å². The summed E-state index contributed by atoms with van der Waals surface area (Å²) in [5.41, 5.74) is 5.48. The molecule has 0 unspecified atom stereocenters. The van der Waals surface area contributed by atoms with Crippen molar-refractivity contribution in [2.24, 2.45) is 0 Å². The molecule has 7 nitrogen and oxygen atoms in total. The average Bonchev–Trinajstić information content (AvgIpc) is 3.31. The Morgan fingerprint density at radius 2 is 1.84 bits per heavy atom. The molecule has 3 heterocycles. The van der Waals surface area contributed by atoms with Crippen LogP contribution in [0.3, 0.4) is 0 Å². The van der Waals surface area contributed by atoms with E-state index in [1.165, 1.54) is 0 Å². The first kappa shape index (κ1) is 19.4. The first-order valence-electron chi connectivity index (χ1n) is 10.2. The molecule has 0 fully saturated rings. The Hall–Kier alpha value is -4.52. The lowest BCUT2D eigenvalue weighted by atomic mass is 10.1. The molecule has 5 aromatic rings. The van der Waals surface area contributed by atoms with Crippen LogP contribution in [0.5, 0.6) is 0 Å². The van der Waals surface area contributed by atoms with Gasteiger partial charge in [0.05, 0.1) is 5.52 Å². The van der Waals surface area contributed by atoms with Crippen molar-refractivity contribution < 1.29 is 4.79 Å². The third kappa shape index (κ3) is 3.91. The molecule has 0 bridgehead atoms. The van der Waals surface area contributed by atoms with E-state index in [9.17, 15) is 4.79 Å². The van der Waals surface area contributed by atoms with Crippen LogP contribution in [0.15, 0.2) is 85.3 Å². The molecule has 7 heteroatoms. The highest BCUT2D eigenvalue weighted by Crippen LogP contribution is 2.28. The summed E-state index contributed by atoms with van der Waals surface area (Å²) in [7, 11) is 0. The van der Waals surface area contributed by atoms with E-state index in [1.807, 2.05) is 79.9 Å². The summed E-state index contributed by atoms with van der Waals surface area (Å²) in [6.07, 6.45) is 5.28. The van der Waals surface area contributed by atoms with Gasteiger partial charge in [-0.2, -0.15) is 0 Å². The van der Waals surface area contributed by atoms with Crippen LogP contribution in [0.25, 0.3) is 22.4 Å². The minimum atomic E-state index is -0.178. The summed E-state index contributed by atoms with van der Waals surface area (Å²) in [4.78, 5) is 29.5. The quantitative estimate of drug-likeness (QED) is 0.357. The topological polar surface area (TPSA) is 95.6 Å². The number of benzene rings is 2. The summed E-state index contributed by atoms with van der Waals surface area (Å²) in [5.74, 6) is 1.02. The fourth-order valence-electron chi connectivity index (χ4n) is 3.41. The number of para-hydroxylation sites is 1. The van der Waals surface area contributed by atoms with Crippen molar-refractivity contribution in [2.45, 2.75) is 6.92 Å². The molecule has 3 aromatic heterocycles. The lowest BCUT2D eigenvalue weighted by molar-refractivity contribution is 0.102. The number of fused-ring (bicyclic) bond motifs is 1. The van der Waals surface area contributed by atoms with Crippen LogP contribution >= 0.6 is 0 Å². The Labute approximate surface area is 184 Å². The highest BCUT2D eigenvalue weighted by Gasteiger charge is 2.14. The molecule has 0 saturated carbocycles. The van der Waals surface area contributed by atoms with Crippen molar-refractivity contribution in [3.8, 4) is 11.4 Å². The summed E-state index contributed by atoms with van der Waals surface area (Å²) in [6, 6.07) is 20.6. The number of carbonyl (C=O) groups excluding carboxylic acids is 1. The van der Waals surface area contributed by atoms with E-state index in [0.29, 0.717) is 17.2 Å². The Morgan fingerprint density at radius 1 is 0.969 bits per heavy atom. The van der Waals surface area contributed by atoms with Crippen LogP contribution in [0.2, 0.25) is 0 Å². The molecule has 0 spiro atoms. The molecule has 0 aliphatic heterocycles. The van der Waals surface area contributed by atoms with Crippen molar-refractivity contribution in [3.63, 3.8) is 0 Å². The summed E-state index contributed by atoms with van der Waals surface area (Å²) in [6.45, 7) is 1.98. The molecule has 0 atom stereocenters. The number of hydrogen-bond acceptors (Lipinski definition) is 5. The number of aryl methyl sites for hydroxylation is 1. The number of anilines is 3. The van der Waals surface area contributed by atoms with Crippen LogP contribution in [-0.4, -0.2) is 25.8 Å². The predicted octanol–water partition coefficient (Wildman–Crippen LogP) is 5.32. The minimum Gasteiger partial charge on any atom is -0.357 e. The van der Waals surface area contributed by atoms with Crippen molar-refractivity contribution in [1.29, 1.82) is 0 Å². The lowest BCUT2D eigenvalue weighted by Crippen LogP contribution is -2.12. The van der Waals surface area contributed by atoms with Crippen molar-refractivity contribution in [3.05, 3.63) is 96.4 Å². The number of pyridine rings is 1. The van der Waals surface area contributed by atoms with Gasteiger partial charge in [-0.1, -0.05) is 24.3 Å². The molecule has 0 radical (unpaired) electrons. The Morgan fingerprint density at radius 3 is 2.66 bits per heavy atom. The molecule has 5 rings (SSSR count). The highest BCUT2D eigenvalue weighted by molar-refractivity contribution is 6.05. The SMILES string of the molecule is Cc1ccc(C(=O)Nc2ccccc2)cc1Nc1nc(-c2cccnc2)nc2cc[nH]c12. The molecule has 156 valence electrons. The van der Waals surface area contributed by atoms with Crippen molar-refractivity contribution in [2.75, 3.05) is 10.6 Å². The number of hydrogen-bond donors (Lipinski definition) is 3. The van der Waals surface area contributed by atoms with Crippen molar-refractivity contribution >= 4 is 34.1 Å². The van der Waals surface area contributed by atoms with Crippen LogP contribution in [0, 0.1) is 6.92 Å². The zero-order chi connectivity index (χ0) is 21.9. The molecule has 1 amide bonds. The van der Waals surface area contributed by atoms with E-state index >= 15 is 0 Å². The summed E-state index contributed by atoms with van der Waals surface area (Å²) in [5, 5.41) is 6.31. The number of carbonyl (C=O) groups is 1. The van der Waals surface area contributed by atoms with Gasteiger partial charge in [-0.15, -0.1) is 0 Å². The largest absolute Gasteiger partial charge is 0.357 e. The maximum Gasteiger partial charge on any atom is 0.255 e. The van der Waals surface area contributed by atoms with Gasteiger partial charge in [-0.25, -0.2) is 9.97 Å². The second kappa shape index (κ2) is 8.31. The highest BCUT2D eigenvalue weighted by atomic mass is 16.1. The van der Waals surface area contributed by atoms with E-state index < -0.39 is 0 Å². The number of aromatic nitrogens is 4. The normalized spacial score (nSPS) is 10.8. The van der Waals surface area contributed by atoms with E-state index in [1.54, 1.807) is 12.4 Å². The second-order valence-electron chi connectivity index (χ2n) is 7.35. The first-order chi connectivity index (χ1) is 15.7. The van der Waals surface area contributed by atoms with Gasteiger partial charge in [0.15, 0.2) is 11.6 Å². The lowest BCUT2D eigenvalue weighted by Gasteiger charge is -2.13. The number of nitrogens with zero attached hydrogens (tertiary/aromatic N) is 3. The van der Waals surface area contributed by atoms with E-state index in [2.05, 4.69) is 25.6 Å². The van der Waals surface area contributed by atoms with Gasteiger partial charge in [0, 0.05) is 41.1 Å². The second-order valence-corrected chi connectivity index (χ2v) is 7.35. The fraction of sp³-hybridized carbons (Fsp3) is 0.0400. The smallest absolute Gasteiger partial charge is 0.255 e. The molecule has 3 N–H and O–H groups in total. The van der Waals surface area contributed by atoms with Crippen molar-refractivity contribution in [1.82, 2.24) is 19.9 Å². The fourth-order valence-corrected chi connectivity index (χ4v) is 3.41. The Bertz CT molecular complexity index is 1400. The molecular weight excluding hydrogens is 400 g/mol. The van der Waals surface area contributed by atoms with Crippen LogP contribution < -0.4 is 10.6 Å². The van der Waals surface area contributed by atoms with Crippen LogP contribution in [0.1, 0.15) is 15.9 Å². The molecule has 2 aromatic carbocycles. The zero-order valence-corrected chi connectivity index (χ0v) is 17.3. The molecule has 32 heavy (non-hydrogen) atoms. The van der Waals surface area contributed by atoms with Crippen LogP contribution in [-0.2, 0) is 0 Å². The maximum atomic E-state index is 12.8. The van der Waals surface area contributed by atoms with Gasteiger partial charge in [-0.05, 0) is 55.0 Å². The number of H-pyrrole nitrogens is 1. The minimum absolute atomic E-state index is 0.178. The average molecular weight is 420 g/mol. The maximum absolute atomic E-state index is 12.8. The molecule has 0 aliphatic carbocycles. The Kier molecular flexibility index (Phi) is 5.05. The van der Waals surface area contributed by atoms with Gasteiger partial charge >= 0.3 is 0 Å². The summed E-state index contributed by atoms with van der Waals surface area (Å²) < 4.78 is 0. The first-order valence-corrected chi connectivity index (χ1v) is 10.2. The standard InChI is InChI=1S/C25H20N6O/c1-16-9-10-17(25(32)28-19-7-3-2-4-8-19)14-21(16)30-24-22-20(11-13-27-22)29-23(31-24)18-6-5-12-26-15-18/h2-15,27H,1H3,(H,28,32)(H,29,30,31). The monoisotopic (exact) mass is 420 g/mol. The molecule has 0 saturated heterocycles. The number of rotatable bonds is 5. The predicted molar refractivity (Wildman–Crippen MR) is 126 cm³/mol. The summed E-state index contributed by atoms with van der Waals surface area (Å²) >= 11 is 0. The van der Waals surface area contributed by atoms with Gasteiger partial charge < -0.3 is 15.6 Å². The van der Waals surface area contributed by atoms with E-state index in [-0.39, 0.29) is 5.91 Å². The third-order valence-electron chi connectivity index (χ3n) is 5.11.